The molecule has 0 saturated carbocycles. The lowest BCUT2D eigenvalue weighted by molar-refractivity contribution is -0.134. The number of amides is 2. The van der Waals surface area contributed by atoms with E-state index in [0.717, 1.165) is 36.0 Å². The Hall–Kier alpha value is -2.58. The molecule has 9 heteroatoms. The number of β-amino-alcohol motifs (C(OH)–C–C–N with tert-alkyl or cyclic N) is 1. The van der Waals surface area contributed by atoms with Gasteiger partial charge in [0, 0.05) is 43.3 Å². The van der Waals surface area contributed by atoms with Gasteiger partial charge in [-0.3, -0.25) is 9.69 Å². The molecular weight excluding hydrogens is 513 g/mol. The van der Waals surface area contributed by atoms with Gasteiger partial charge in [0.15, 0.2) is 0 Å². The smallest absolute Gasteiger partial charge is 0.410 e. The van der Waals surface area contributed by atoms with Crippen LogP contribution in [0.1, 0.15) is 41.1 Å². The summed E-state index contributed by atoms with van der Waals surface area (Å²) in [5, 5.41) is 10.4. The molecule has 0 bridgehead atoms. The lowest BCUT2D eigenvalue weighted by atomic mass is 9.95. The SMILES string of the molecule is CN(C(=O)OCc1cc(Cl)cc(Cl)c1)C1CCc2ccc(C3=CCN(C(=O)CN4CC(O)C4)CC3)cc21. The van der Waals surface area contributed by atoms with Gasteiger partial charge in [-0.05, 0) is 71.4 Å². The molecule has 0 radical (unpaired) electrons. The molecule has 196 valence electrons. The highest BCUT2D eigenvalue weighted by Crippen LogP contribution is 2.38. The van der Waals surface area contributed by atoms with Crippen LogP contribution in [0.2, 0.25) is 10.0 Å². The molecule has 2 aliphatic heterocycles. The van der Waals surface area contributed by atoms with Crippen LogP contribution in [0.4, 0.5) is 4.79 Å². The molecule has 0 aromatic heterocycles. The van der Waals surface area contributed by atoms with E-state index in [4.69, 9.17) is 27.9 Å². The summed E-state index contributed by atoms with van der Waals surface area (Å²) >= 11 is 12.1. The Morgan fingerprint density at radius 3 is 2.54 bits per heavy atom. The van der Waals surface area contributed by atoms with E-state index in [1.54, 1.807) is 30.1 Å². The van der Waals surface area contributed by atoms with Crippen LogP contribution in [0.25, 0.3) is 5.57 Å². The van der Waals surface area contributed by atoms with Gasteiger partial charge in [-0.25, -0.2) is 4.79 Å². The highest BCUT2D eigenvalue weighted by molar-refractivity contribution is 6.34. The zero-order valence-corrected chi connectivity index (χ0v) is 22.3. The second-order valence-corrected chi connectivity index (χ2v) is 11.0. The van der Waals surface area contributed by atoms with E-state index in [2.05, 4.69) is 24.3 Å². The van der Waals surface area contributed by atoms with Gasteiger partial charge < -0.3 is 19.6 Å². The van der Waals surface area contributed by atoms with E-state index in [0.29, 0.717) is 42.8 Å². The molecule has 2 aromatic carbocycles. The van der Waals surface area contributed by atoms with Crippen molar-refractivity contribution in [2.24, 2.45) is 0 Å². The average Bonchev–Trinajstić information content (AvgIpc) is 3.28. The van der Waals surface area contributed by atoms with Crippen LogP contribution in [0.15, 0.2) is 42.5 Å². The summed E-state index contributed by atoms with van der Waals surface area (Å²) in [6.07, 6.45) is 3.99. The Balaban J connectivity index is 1.21. The largest absolute Gasteiger partial charge is 0.445 e. The van der Waals surface area contributed by atoms with Crippen LogP contribution in [0.3, 0.4) is 0 Å². The molecular formula is C28H31Cl2N3O4. The molecule has 1 saturated heterocycles. The van der Waals surface area contributed by atoms with Crippen LogP contribution < -0.4 is 0 Å². The molecule has 37 heavy (non-hydrogen) atoms. The number of likely N-dealkylation sites (tertiary alicyclic amines) is 1. The standard InChI is InChI=1S/C28H31Cl2N3O4/c1-31(28(36)37-17-18-10-22(29)13-23(30)11-18)26-5-4-20-2-3-21(12-25(20)26)19-6-8-33(9-7-19)27(35)16-32-14-24(34)15-32/h2-3,6,10-13,24,26,34H,4-5,7-9,14-17H2,1H3. The number of hydrogen-bond acceptors (Lipinski definition) is 5. The highest BCUT2D eigenvalue weighted by Gasteiger charge is 2.31. The Labute approximate surface area is 227 Å². The van der Waals surface area contributed by atoms with Gasteiger partial charge in [0.2, 0.25) is 5.91 Å². The minimum atomic E-state index is -0.389. The zero-order valence-electron chi connectivity index (χ0n) is 20.8. The maximum absolute atomic E-state index is 12.9. The number of ether oxygens (including phenoxy) is 1. The Bertz CT molecular complexity index is 1210. The Morgan fingerprint density at radius 1 is 1.11 bits per heavy atom. The van der Waals surface area contributed by atoms with Crippen molar-refractivity contribution >= 4 is 40.8 Å². The third-order valence-electron chi connectivity index (χ3n) is 7.46. The van der Waals surface area contributed by atoms with Crippen LogP contribution in [-0.4, -0.2) is 77.7 Å². The molecule has 2 amide bonds. The van der Waals surface area contributed by atoms with E-state index in [9.17, 15) is 14.7 Å². The van der Waals surface area contributed by atoms with Crippen molar-refractivity contribution in [3.8, 4) is 0 Å². The van der Waals surface area contributed by atoms with Gasteiger partial charge in [-0.1, -0.05) is 41.4 Å². The lowest BCUT2D eigenvalue weighted by Gasteiger charge is -2.37. The number of aliphatic hydroxyl groups excluding tert-OH is 1. The summed E-state index contributed by atoms with van der Waals surface area (Å²) in [4.78, 5) is 31.0. The van der Waals surface area contributed by atoms with Crippen molar-refractivity contribution in [3.05, 3.63) is 74.8 Å². The zero-order chi connectivity index (χ0) is 26.1. The van der Waals surface area contributed by atoms with E-state index in [1.807, 2.05) is 9.80 Å². The first-order valence-corrected chi connectivity index (χ1v) is 13.4. The fourth-order valence-corrected chi connectivity index (χ4v) is 5.94. The van der Waals surface area contributed by atoms with Gasteiger partial charge in [0.25, 0.3) is 0 Å². The monoisotopic (exact) mass is 543 g/mol. The molecule has 1 atom stereocenters. The number of benzene rings is 2. The van der Waals surface area contributed by atoms with E-state index < -0.39 is 0 Å². The van der Waals surface area contributed by atoms with Gasteiger partial charge in [-0.15, -0.1) is 0 Å². The number of halogens is 2. The minimum absolute atomic E-state index is 0.0560. The van der Waals surface area contributed by atoms with Crippen molar-refractivity contribution in [1.82, 2.24) is 14.7 Å². The predicted octanol–water partition coefficient (Wildman–Crippen LogP) is 4.54. The summed E-state index contributed by atoms with van der Waals surface area (Å²) in [5.74, 6) is 0.108. The molecule has 7 nitrogen and oxygen atoms in total. The molecule has 5 rings (SSSR count). The molecule has 2 heterocycles. The fraction of sp³-hybridized carbons (Fsp3) is 0.429. The molecule has 1 aliphatic carbocycles. The normalized spacial score (nSPS) is 19.7. The molecule has 2 aromatic rings. The number of aryl methyl sites for hydroxylation is 1. The minimum Gasteiger partial charge on any atom is -0.445 e. The number of carbonyl (C=O) groups excluding carboxylic acids is 2. The van der Waals surface area contributed by atoms with Crippen LogP contribution in [-0.2, 0) is 22.6 Å². The first-order valence-electron chi connectivity index (χ1n) is 12.6. The third-order valence-corrected chi connectivity index (χ3v) is 7.90. The van der Waals surface area contributed by atoms with Crippen molar-refractivity contribution < 1.29 is 19.4 Å². The number of nitrogens with zero attached hydrogens (tertiary/aromatic N) is 3. The van der Waals surface area contributed by atoms with Gasteiger partial charge in [0.1, 0.15) is 6.61 Å². The molecule has 1 unspecified atom stereocenters. The van der Waals surface area contributed by atoms with Gasteiger partial charge >= 0.3 is 6.09 Å². The maximum Gasteiger partial charge on any atom is 0.410 e. The lowest BCUT2D eigenvalue weighted by Crippen LogP contribution is -2.54. The van der Waals surface area contributed by atoms with Crippen molar-refractivity contribution in [3.63, 3.8) is 0 Å². The predicted molar refractivity (Wildman–Crippen MR) is 144 cm³/mol. The second kappa shape index (κ2) is 11.0. The molecule has 1 N–H and O–H groups in total. The van der Waals surface area contributed by atoms with Crippen molar-refractivity contribution in [2.45, 2.75) is 38.0 Å². The molecule has 0 spiro atoms. The molecule has 1 fully saturated rings. The van der Waals surface area contributed by atoms with E-state index >= 15 is 0 Å². The van der Waals surface area contributed by atoms with Crippen molar-refractivity contribution in [1.29, 1.82) is 0 Å². The van der Waals surface area contributed by atoms with Crippen LogP contribution in [0.5, 0.6) is 0 Å². The second-order valence-electron chi connectivity index (χ2n) is 10.1. The maximum atomic E-state index is 12.9. The number of rotatable bonds is 6. The third kappa shape index (κ3) is 5.96. The Morgan fingerprint density at radius 2 is 1.86 bits per heavy atom. The summed E-state index contributed by atoms with van der Waals surface area (Å²) in [6.45, 7) is 2.89. The van der Waals surface area contributed by atoms with Gasteiger partial charge in [-0.2, -0.15) is 0 Å². The van der Waals surface area contributed by atoms with Crippen molar-refractivity contribution in [2.75, 3.05) is 39.8 Å². The van der Waals surface area contributed by atoms with E-state index in [1.165, 1.54) is 11.1 Å². The molecule has 3 aliphatic rings. The average molecular weight is 544 g/mol. The number of fused-ring (bicyclic) bond motifs is 1. The fourth-order valence-electron chi connectivity index (χ4n) is 5.37. The first-order chi connectivity index (χ1) is 17.8. The highest BCUT2D eigenvalue weighted by atomic mass is 35.5. The number of hydrogen-bond donors (Lipinski definition) is 1. The summed E-state index contributed by atoms with van der Waals surface area (Å²) < 4.78 is 5.56. The quantitative estimate of drug-likeness (QED) is 0.578. The topological polar surface area (TPSA) is 73.3 Å². The van der Waals surface area contributed by atoms with Crippen LogP contribution in [0, 0.1) is 0 Å². The number of carbonyl (C=O) groups is 2. The van der Waals surface area contributed by atoms with E-state index in [-0.39, 0.29) is 30.8 Å². The Kier molecular flexibility index (Phi) is 7.77. The number of aliphatic hydroxyl groups is 1. The van der Waals surface area contributed by atoms with Crippen LogP contribution >= 0.6 is 23.2 Å². The first kappa shape index (κ1) is 26.0. The van der Waals surface area contributed by atoms with Gasteiger partial charge in [0.05, 0.1) is 18.7 Å². The summed E-state index contributed by atoms with van der Waals surface area (Å²) in [7, 11) is 1.78. The summed E-state index contributed by atoms with van der Waals surface area (Å²) in [6, 6.07) is 11.6. The summed E-state index contributed by atoms with van der Waals surface area (Å²) in [5.41, 5.74) is 5.50.